The number of halogens is 1. The molecular formula is C34H50BrN. The van der Waals surface area contributed by atoms with Crippen molar-refractivity contribution < 1.29 is 0 Å². The summed E-state index contributed by atoms with van der Waals surface area (Å²) in [5.74, 6) is 3.25. The Morgan fingerprint density at radius 1 is 0.667 bits per heavy atom. The van der Waals surface area contributed by atoms with Crippen molar-refractivity contribution in [2.24, 2.45) is 17.8 Å². The molecule has 0 spiro atoms. The molecule has 1 aromatic heterocycles. The van der Waals surface area contributed by atoms with Crippen LogP contribution in [0.25, 0.3) is 21.8 Å². The predicted molar refractivity (Wildman–Crippen MR) is 163 cm³/mol. The van der Waals surface area contributed by atoms with Crippen LogP contribution in [0.3, 0.4) is 0 Å². The molecule has 3 fully saturated rings. The summed E-state index contributed by atoms with van der Waals surface area (Å²) in [6.07, 6.45) is 22.1. The second-order valence-corrected chi connectivity index (χ2v) is 12.7. The molecule has 3 saturated carbocycles. The SMILES string of the molecule is C1CCC(CC2CC2)CC1.CC.Cc1cc2[nH]c3cc(Br)c(CCC4CCCCC4)cc3c2cc1C. The fourth-order valence-corrected chi connectivity index (χ4v) is 7.05. The molecule has 0 atom stereocenters. The van der Waals surface area contributed by atoms with E-state index in [0.29, 0.717) is 0 Å². The van der Waals surface area contributed by atoms with E-state index in [1.807, 2.05) is 13.8 Å². The van der Waals surface area contributed by atoms with Crippen LogP contribution in [0, 0.1) is 31.6 Å². The third-order valence-corrected chi connectivity index (χ3v) is 9.75. The molecule has 3 aliphatic carbocycles. The highest BCUT2D eigenvalue weighted by Crippen LogP contribution is 2.39. The third-order valence-electron chi connectivity index (χ3n) is 9.01. The number of hydrogen-bond acceptors (Lipinski definition) is 0. The Morgan fingerprint density at radius 3 is 1.83 bits per heavy atom. The standard InChI is InChI=1S/C22H26BrN.C10H18.C2H6/c1-14-10-18-19-12-17(9-8-16-6-4-3-5-7-16)20(23)13-22(19)24-21(18)11-15(14)2;1-2-4-9(5-3-1)8-10-6-7-10;1-2/h10-13,16,24H,3-9H2,1-2H3;9-10H,1-8H2;1-2H3. The van der Waals surface area contributed by atoms with Gasteiger partial charge in [0, 0.05) is 26.3 Å². The minimum atomic E-state index is 0.939. The van der Waals surface area contributed by atoms with Crippen LogP contribution in [0.4, 0.5) is 0 Å². The second kappa shape index (κ2) is 13.5. The zero-order valence-corrected chi connectivity index (χ0v) is 25.1. The van der Waals surface area contributed by atoms with Crippen LogP contribution in [0.1, 0.15) is 120 Å². The van der Waals surface area contributed by atoms with Crippen molar-refractivity contribution in [1.82, 2.24) is 4.98 Å². The van der Waals surface area contributed by atoms with Gasteiger partial charge in [0.15, 0.2) is 0 Å². The van der Waals surface area contributed by atoms with Gasteiger partial charge >= 0.3 is 0 Å². The number of rotatable bonds is 5. The molecule has 198 valence electrons. The second-order valence-electron chi connectivity index (χ2n) is 11.8. The quantitative estimate of drug-likeness (QED) is 0.324. The molecule has 36 heavy (non-hydrogen) atoms. The highest BCUT2D eigenvalue weighted by Gasteiger charge is 2.26. The van der Waals surface area contributed by atoms with Gasteiger partial charge < -0.3 is 4.98 Å². The molecular weight excluding hydrogens is 502 g/mol. The van der Waals surface area contributed by atoms with Gasteiger partial charge in [0.1, 0.15) is 0 Å². The van der Waals surface area contributed by atoms with Crippen molar-refractivity contribution in [3.8, 4) is 0 Å². The van der Waals surface area contributed by atoms with Crippen molar-refractivity contribution in [1.29, 1.82) is 0 Å². The van der Waals surface area contributed by atoms with Crippen molar-refractivity contribution in [2.45, 2.75) is 124 Å². The first kappa shape index (κ1) is 27.7. The normalized spacial score (nSPS) is 19.0. The van der Waals surface area contributed by atoms with Crippen molar-refractivity contribution in [3.63, 3.8) is 0 Å². The predicted octanol–water partition coefficient (Wildman–Crippen LogP) is 11.6. The largest absolute Gasteiger partial charge is 0.354 e. The van der Waals surface area contributed by atoms with Gasteiger partial charge in [0.25, 0.3) is 0 Å². The van der Waals surface area contributed by atoms with Gasteiger partial charge in [-0.2, -0.15) is 0 Å². The van der Waals surface area contributed by atoms with Gasteiger partial charge in [-0.1, -0.05) is 107 Å². The Balaban J connectivity index is 0.000000211. The number of aromatic amines is 1. The summed E-state index contributed by atoms with van der Waals surface area (Å²) < 4.78 is 1.26. The molecule has 0 aliphatic heterocycles. The number of fused-ring (bicyclic) bond motifs is 3. The summed E-state index contributed by atoms with van der Waals surface area (Å²) in [7, 11) is 0. The van der Waals surface area contributed by atoms with Crippen molar-refractivity contribution in [3.05, 3.63) is 45.4 Å². The molecule has 6 rings (SSSR count). The maximum absolute atomic E-state index is 3.81. The van der Waals surface area contributed by atoms with E-state index >= 15 is 0 Å². The van der Waals surface area contributed by atoms with Crippen LogP contribution in [-0.4, -0.2) is 4.98 Å². The molecule has 1 N–H and O–H groups in total. The fourth-order valence-electron chi connectivity index (χ4n) is 6.51. The Labute approximate surface area is 229 Å². The third kappa shape index (κ3) is 7.40. The van der Waals surface area contributed by atoms with E-state index in [1.165, 1.54) is 113 Å². The minimum Gasteiger partial charge on any atom is -0.354 e. The summed E-state index contributed by atoms with van der Waals surface area (Å²) in [6, 6.07) is 9.30. The number of benzene rings is 2. The van der Waals surface area contributed by atoms with Gasteiger partial charge in [0.2, 0.25) is 0 Å². The Morgan fingerprint density at radius 2 is 1.19 bits per heavy atom. The van der Waals surface area contributed by atoms with Crippen LogP contribution < -0.4 is 0 Å². The van der Waals surface area contributed by atoms with Crippen LogP contribution >= 0.6 is 15.9 Å². The fraction of sp³-hybridized carbons (Fsp3) is 0.647. The first-order valence-corrected chi connectivity index (χ1v) is 16.1. The van der Waals surface area contributed by atoms with Gasteiger partial charge in [0.05, 0.1) is 0 Å². The highest BCUT2D eigenvalue weighted by molar-refractivity contribution is 9.10. The van der Waals surface area contributed by atoms with Crippen LogP contribution in [-0.2, 0) is 6.42 Å². The maximum Gasteiger partial charge on any atom is 0.0476 e. The lowest BCUT2D eigenvalue weighted by molar-refractivity contribution is 0.325. The van der Waals surface area contributed by atoms with Gasteiger partial charge in [-0.25, -0.2) is 0 Å². The number of aryl methyl sites for hydroxylation is 3. The van der Waals surface area contributed by atoms with E-state index in [4.69, 9.17) is 0 Å². The summed E-state index contributed by atoms with van der Waals surface area (Å²) in [4.78, 5) is 3.59. The van der Waals surface area contributed by atoms with E-state index < -0.39 is 0 Å². The number of aromatic nitrogens is 1. The first-order chi connectivity index (χ1) is 17.6. The maximum atomic E-state index is 3.81. The van der Waals surface area contributed by atoms with Gasteiger partial charge in [-0.05, 0) is 91.8 Å². The van der Waals surface area contributed by atoms with E-state index in [2.05, 4.69) is 59.0 Å². The van der Waals surface area contributed by atoms with E-state index in [9.17, 15) is 0 Å². The molecule has 3 aromatic rings. The molecule has 0 unspecified atom stereocenters. The summed E-state index contributed by atoms with van der Waals surface area (Å²) in [5.41, 5.74) is 6.68. The average Bonchev–Trinajstić information content (AvgIpc) is 3.66. The van der Waals surface area contributed by atoms with E-state index in [0.717, 1.165) is 11.8 Å². The van der Waals surface area contributed by atoms with Gasteiger partial charge in [-0.3, -0.25) is 0 Å². The van der Waals surface area contributed by atoms with E-state index in [1.54, 1.807) is 32.1 Å². The molecule has 2 aromatic carbocycles. The molecule has 1 nitrogen and oxygen atoms in total. The molecule has 1 heterocycles. The number of hydrogen-bond donors (Lipinski definition) is 1. The highest BCUT2D eigenvalue weighted by atomic mass is 79.9. The van der Waals surface area contributed by atoms with Crippen LogP contribution in [0.2, 0.25) is 0 Å². The monoisotopic (exact) mass is 551 g/mol. The first-order valence-electron chi connectivity index (χ1n) is 15.3. The molecule has 0 amide bonds. The Hall–Kier alpha value is -1.28. The van der Waals surface area contributed by atoms with Crippen molar-refractivity contribution >= 4 is 37.7 Å². The Kier molecular flexibility index (Phi) is 10.4. The molecule has 3 aliphatic rings. The Bertz CT molecular complexity index is 1090. The summed E-state index contributed by atoms with van der Waals surface area (Å²) in [5, 5.41) is 2.73. The summed E-state index contributed by atoms with van der Waals surface area (Å²) in [6.45, 7) is 8.39. The van der Waals surface area contributed by atoms with E-state index in [-0.39, 0.29) is 0 Å². The zero-order chi connectivity index (χ0) is 25.5. The van der Waals surface area contributed by atoms with Crippen molar-refractivity contribution in [2.75, 3.05) is 0 Å². The average molecular weight is 553 g/mol. The minimum absolute atomic E-state index is 0.939. The molecule has 0 saturated heterocycles. The number of H-pyrrole nitrogens is 1. The lowest BCUT2D eigenvalue weighted by atomic mass is 9.85. The lowest BCUT2D eigenvalue weighted by Crippen LogP contribution is -2.07. The topological polar surface area (TPSA) is 15.8 Å². The van der Waals surface area contributed by atoms with Gasteiger partial charge in [-0.15, -0.1) is 0 Å². The van der Waals surface area contributed by atoms with Crippen LogP contribution in [0.15, 0.2) is 28.7 Å². The molecule has 0 bridgehead atoms. The summed E-state index contributed by atoms with van der Waals surface area (Å²) >= 11 is 3.81. The number of nitrogens with one attached hydrogen (secondary N) is 1. The zero-order valence-electron chi connectivity index (χ0n) is 23.5. The molecule has 2 heteroatoms. The lowest BCUT2D eigenvalue weighted by Gasteiger charge is -2.21. The van der Waals surface area contributed by atoms with Crippen LogP contribution in [0.5, 0.6) is 0 Å². The molecule has 0 radical (unpaired) electrons. The smallest absolute Gasteiger partial charge is 0.0476 e.